The zero-order valence-electron chi connectivity index (χ0n) is 18.4. The van der Waals surface area contributed by atoms with E-state index in [1.165, 1.54) is 16.9 Å². The summed E-state index contributed by atoms with van der Waals surface area (Å²) in [5, 5.41) is 3.82. The number of pyridine rings is 1. The highest BCUT2D eigenvalue weighted by Gasteiger charge is 2.22. The van der Waals surface area contributed by atoms with Crippen molar-refractivity contribution in [2.45, 2.75) is 13.8 Å². The van der Waals surface area contributed by atoms with Gasteiger partial charge in [0.2, 0.25) is 0 Å². The molecule has 0 saturated heterocycles. The maximum Gasteiger partial charge on any atom is 0.267 e. The molecule has 5 aromatic rings. The van der Waals surface area contributed by atoms with Crippen LogP contribution in [0.1, 0.15) is 20.8 Å². The fourth-order valence-electron chi connectivity index (χ4n) is 3.90. The molecule has 0 aliphatic carbocycles. The summed E-state index contributed by atoms with van der Waals surface area (Å²) in [7, 11) is 0. The molecule has 0 unspecified atom stereocenters. The number of aromatic nitrogens is 1. The van der Waals surface area contributed by atoms with Gasteiger partial charge in [-0.1, -0.05) is 78.4 Å². The van der Waals surface area contributed by atoms with Crippen molar-refractivity contribution in [3.63, 3.8) is 0 Å². The lowest BCUT2D eigenvalue weighted by atomic mass is 9.99. The number of thiophene rings is 1. The predicted molar refractivity (Wildman–Crippen MR) is 139 cm³/mol. The number of hydrogen-bond donors (Lipinski definition) is 2. The van der Waals surface area contributed by atoms with Crippen LogP contribution in [0.4, 0.5) is 11.4 Å². The number of nitrogens with zero attached hydrogens (tertiary/aromatic N) is 1. The Bertz CT molecular complexity index is 1470. The van der Waals surface area contributed by atoms with E-state index in [1.807, 2.05) is 49.4 Å². The molecular formula is C28H23N3OS. The quantitative estimate of drug-likeness (QED) is 0.308. The lowest BCUT2D eigenvalue weighted by Crippen LogP contribution is -2.12. The third kappa shape index (κ3) is 3.99. The smallest absolute Gasteiger partial charge is 0.267 e. The first-order chi connectivity index (χ1) is 16.0. The monoisotopic (exact) mass is 449 g/mol. The van der Waals surface area contributed by atoms with E-state index in [1.54, 1.807) is 0 Å². The van der Waals surface area contributed by atoms with Gasteiger partial charge in [-0.2, -0.15) is 0 Å². The average Bonchev–Trinajstić information content (AvgIpc) is 3.17. The molecule has 162 valence electrons. The molecule has 3 N–H and O–H groups in total. The number of anilines is 2. The first-order valence-corrected chi connectivity index (χ1v) is 11.6. The van der Waals surface area contributed by atoms with Gasteiger partial charge in [0.15, 0.2) is 0 Å². The van der Waals surface area contributed by atoms with Crippen molar-refractivity contribution >= 4 is 38.8 Å². The standard InChI is InChI=1S/C28H23N3OS/c1-17-12-14-20(15-13-17)23-16-21(19-9-4-3-5-10-19)24-25(29)26(33-28(24)31-23)27(32)30-22-11-7-6-8-18(22)2/h3-16H,29H2,1-2H3,(H,30,32). The molecule has 0 spiro atoms. The Hall–Kier alpha value is -3.96. The van der Waals surface area contributed by atoms with Crippen LogP contribution in [0.15, 0.2) is 84.9 Å². The summed E-state index contributed by atoms with van der Waals surface area (Å²) in [6.07, 6.45) is 0. The number of fused-ring (bicyclic) bond motifs is 1. The van der Waals surface area contributed by atoms with Gasteiger partial charge in [0.25, 0.3) is 5.91 Å². The van der Waals surface area contributed by atoms with Crippen LogP contribution in [0.3, 0.4) is 0 Å². The summed E-state index contributed by atoms with van der Waals surface area (Å²) in [4.78, 5) is 19.3. The number of aryl methyl sites for hydroxylation is 2. The summed E-state index contributed by atoms with van der Waals surface area (Å²) >= 11 is 1.33. The molecule has 1 amide bonds. The maximum absolute atomic E-state index is 13.2. The topological polar surface area (TPSA) is 68.0 Å². The lowest BCUT2D eigenvalue weighted by molar-refractivity contribution is 0.103. The van der Waals surface area contributed by atoms with Gasteiger partial charge in [0, 0.05) is 16.6 Å². The van der Waals surface area contributed by atoms with E-state index in [9.17, 15) is 4.79 Å². The number of nitrogen functional groups attached to an aromatic ring is 1. The molecule has 0 aliphatic rings. The fourth-order valence-corrected chi connectivity index (χ4v) is 4.91. The van der Waals surface area contributed by atoms with Gasteiger partial charge in [0.1, 0.15) is 9.71 Å². The van der Waals surface area contributed by atoms with Crippen LogP contribution >= 0.6 is 11.3 Å². The normalized spacial score (nSPS) is 11.0. The van der Waals surface area contributed by atoms with Crippen molar-refractivity contribution in [2.24, 2.45) is 0 Å². The Kier molecular flexibility index (Phi) is 5.40. The molecule has 0 fully saturated rings. The van der Waals surface area contributed by atoms with Gasteiger partial charge in [-0.25, -0.2) is 4.98 Å². The molecule has 33 heavy (non-hydrogen) atoms. The number of rotatable bonds is 4. The SMILES string of the molecule is Cc1ccc(-c2cc(-c3ccccc3)c3c(N)c(C(=O)Nc4ccccc4C)sc3n2)cc1. The molecule has 5 heteroatoms. The zero-order valence-corrected chi connectivity index (χ0v) is 19.2. The van der Waals surface area contributed by atoms with Crippen LogP contribution in [-0.2, 0) is 0 Å². The summed E-state index contributed by atoms with van der Waals surface area (Å²) in [6.45, 7) is 4.03. The van der Waals surface area contributed by atoms with Crippen molar-refractivity contribution in [1.29, 1.82) is 0 Å². The number of nitrogens with one attached hydrogen (secondary N) is 1. The van der Waals surface area contributed by atoms with Crippen LogP contribution in [0.25, 0.3) is 32.6 Å². The van der Waals surface area contributed by atoms with E-state index in [0.29, 0.717) is 10.6 Å². The Balaban J connectivity index is 1.68. The van der Waals surface area contributed by atoms with Crippen LogP contribution < -0.4 is 11.1 Å². The van der Waals surface area contributed by atoms with Crippen molar-refractivity contribution < 1.29 is 4.79 Å². The maximum atomic E-state index is 13.2. The third-order valence-corrected chi connectivity index (χ3v) is 6.83. The molecule has 2 aromatic heterocycles. The minimum absolute atomic E-state index is 0.222. The van der Waals surface area contributed by atoms with Gasteiger partial charge in [-0.15, -0.1) is 11.3 Å². The van der Waals surface area contributed by atoms with Crippen LogP contribution in [0, 0.1) is 13.8 Å². The number of carbonyl (C=O) groups excluding carboxylic acids is 1. The van der Waals surface area contributed by atoms with E-state index >= 15 is 0 Å². The number of amides is 1. The average molecular weight is 450 g/mol. The lowest BCUT2D eigenvalue weighted by Gasteiger charge is -2.09. The fraction of sp³-hybridized carbons (Fsp3) is 0.0714. The highest BCUT2D eigenvalue weighted by atomic mass is 32.1. The van der Waals surface area contributed by atoms with Crippen molar-refractivity contribution in [2.75, 3.05) is 11.1 Å². The molecule has 2 heterocycles. The molecule has 0 atom stereocenters. The Morgan fingerprint density at radius 3 is 2.30 bits per heavy atom. The van der Waals surface area contributed by atoms with Crippen LogP contribution in [-0.4, -0.2) is 10.9 Å². The van der Waals surface area contributed by atoms with E-state index in [0.717, 1.165) is 43.9 Å². The third-order valence-electron chi connectivity index (χ3n) is 5.73. The van der Waals surface area contributed by atoms with Crippen molar-refractivity contribution in [3.05, 3.63) is 101 Å². The minimum atomic E-state index is -0.222. The van der Waals surface area contributed by atoms with Crippen molar-refractivity contribution in [3.8, 4) is 22.4 Å². The number of benzene rings is 3. The second-order valence-corrected chi connectivity index (χ2v) is 9.08. The molecule has 5 rings (SSSR count). The molecule has 0 aliphatic heterocycles. The van der Waals surface area contributed by atoms with E-state index in [-0.39, 0.29) is 5.91 Å². The molecule has 0 bridgehead atoms. The van der Waals surface area contributed by atoms with Gasteiger partial charge < -0.3 is 11.1 Å². The zero-order chi connectivity index (χ0) is 22.9. The Labute approximate surface area is 196 Å². The van der Waals surface area contributed by atoms with E-state index < -0.39 is 0 Å². The first-order valence-electron chi connectivity index (χ1n) is 10.7. The highest BCUT2D eigenvalue weighted by molar-refractivity contribution is 7.21. The van der Waals surface area contributed by atoms with Gasteiger partial charge >= 0.3 is 0 Å². The summed E-state index contributed by atoms with van der Waals surface area (Å²) in [5.41, 5.74) is 13.9. The molecule has 0 radical (unpaired) electrons. The summed E-state index contributed by atoms with van der Waals surface area (Å²) in [6, 6.07) is 28.2. The summed E-state index contributed by atoms with van der Waals surface area (Å²) in [5.74, 6) is -0.222. The second-order valence-electron chi connectivity index (χ2n) is 8.08. The second kappa shape index (κ2) is 8.52. The number of para-hydroxylation sites is 1. The molecule has 3 aromatic carbocycles. The molecular weight excluding hydrogens is 426 g/mol. The number of nitrogens with two attached hydrogens (primary N) is 1. The van der Waals surface area contributed by atoms with Gasteiger partial charge in [-0.3, -0.25) is 4.79 Å². The number of hydrogen-bond acceptors (Lipinski definition) is 4. The van der Waals surface area contributed by atoms with Gasteiger partial charge in [0.05, 0.1) is 11.4 Å². The first kappa shape index (κ1) is 20.9. The van der Waals surface area contributed by atoms with Crippen molar-refractivity contribution in [1.82, 2.24) is 4.98 Å². The highest BCUT2D eigenvalue weighted by Crippen LogP contribution is 2.41. The largest absolute Gasteiger partial charge is 0.397 e. The molecule has 4 nitrogen and oxygen atoms in total. The van der Waals surface area contributed by atoms with Crippen LogP contribution in [0.5, 0.6) is 0 Å². The van der Waals surface area contributed by atoms with Gasteiger partial charge in [-0.05, 0) is 42.7 Å². The number of carbonyl (C=O) groups is 1. The van der Waals surface area contributed by atoms with E-state index in [2.05, 4.69) is 54.7 Å². The van der Waals surface area contributed by atoms with E-state index in [4.69, 9.17) is 10.7 Å². The Morgan fingerprint density at radius 1 is 0.879 bits per heavy atom. The molecule has 0 saturated carbocycles. The summed E-state index contributed by atoms with van der Waals surface area (Å²) < 4.78 is 0. The minimum Gasteiger partial charge on any atom is -0.397 e. The predicted octanol–water partition coefficient (Wildman–Crippen LogP) is 7.08. The Morgan fingerprint density at radius 2 is 1.58 bits per heavy atom. The van der Waals surface area contributed by atoms with Crippen LogP contribution in [0.2, 0.25) is 0 Å².